The van der Waals surface area contributed by atoms with Gasteiger partial charge in [-0.25, -0.2) is 0 Å². The molecule has 0 unspecified atom stereocenters. The minimum atomic E-state index is -0.0555. The van der Waals surface area contributed by atoms with Crippen LogP contribution in [-0.4, -0.2) is 33.5 Å². The predicted molar refractivity (Wildman–Crippen MR) is 127 cm³/mol. The van der Waals surface area contributed by atoms with Gasteiger partial charge in [0, 0.05) is 0 Å². The second-order valence-electron chi connectivity index (χ2n) is 6.81. The van der Waals surface area contributed by atoms with Crippen LogP contribution in [0.2, 0.25) is 0 Å². The fourth-order valence-electron chi connectivity index (χ4n) is 2.78. The van der Waals surface area contributed by atoms with Crippen LogP contribution in [0.1, 0.15) is 37.1 Å². The highest BCUT2D eigenvalue weighted by Gasteiger charge is 2.14. The molecule has 0 bridgehead atoms. The normalized spacial score (nSPS) is 12.7. The Morgan fingerprint density at radius 3 is 1.55 bits per heavy atom. The van der Waals surface area contributed by atoms with Crippen molar-refractivity contribution in [2.75, 3.05) is 11.5 Å². The van der Waals surface area contributed by atoms with Crippen LogP contribution < -0.4 is 10.6 Å². The summed E-state index contributed by atoms with van der Waals surface area (Å²) >= 11 is 4.09. The van der Waals surface area contributed by atoms with E-state index in [2.05, 4.69) is 20.8 Å². The van der Waals surface area contributed by atoms with E-state index in [1.165, 1.54) is 34.9 Å². The molecule has 2 aromatic carbocycles. The summed E-state index contributed by atoms with van der Waals surface area (Å²) in [6, 6.07) is 19.6. The number of carbonyl (C=O) groups is 2. The van der Waals surface area contributed by atoms with Gasteiger partial charge in [-0.05, 0) is 25.0 Å². The van der Waals surface area contributed by atoms with Gasteiger partial charge in [0.25, 0.3) is 0 Å². The van der Waals surface area contributed by atoms with Crippen LogP contribution in [0.5, 0.6) is 0 Å². The van der Waals surface area contributed by atoms with E-state index in [9.17, 15) is 9.59 Å². The van der Waals surface area contributed by atoms with Crippen LogP contribution in [-0.2, 0) is 9.59 Å². The van der Waals surface area contributed by atoms with Crippen LogP contribution in [0.25, 0.3) is 0 Å². The number of carbonyl (C=O) groups excluding carboxylic acids is 2. The van der Waals surface area contributed by atoms with Gasteiger partial charge in [0.1, 0.15) is 0 Å². The summed E-state index contributed by atoms with van der Waals surface area (Å²) in [5.41, 5.74) is 2.13. The molecule has 31 heavy (non-hydrogen) atoms. The first-order chi connectivity index (χ1) is 15.0. The molecule has 0 radical (unpaired) electrons. The molecule has 0 spiro atoms. The number of hydrogen-bond donors (Lipinski definition) is 2. The fourth-order valence-corrected chi connectivity index (χ4v) is 5.43. The van der Waals surface area contributed by atoms with Crippen LogP contribution in [0.15, 0.2) is 69.3 Å². The summed E-state index contributed by atoms with van der Waals surface area (Å²) in [5, 5.41) is 14.2. The molecule has 3 rings (SSSR count). The zero-order valence-electron chi connectivity index (χ0n) is 17.3. The van der Waals surface area contributed by atoms with E-state index in [0.29, 0.717) is 8.68 Å². The predicted octanol–water partition coefficient (Wildman–Crippen LogP) is 4.48. The number of rotatable bonds is 10. The number of benzene rings is 2. The molecule has 0 aliphatic heterocycles. The first kappa shape index (κ1) is 23.3. The van der Waals surface area contributed by atoms with E-state index in [1.54, 1.807) is 0 Å². The summed E-state index contributed by atoms with van der Waals surface area (Å²) in [7, 11) is 0. The fraction of sp³-hybridized carbons (Fsp3) is 0.273. The summed E-state index contributed by atoms with van der Waals surface area (Å²) in [5.74, 6) is 0.428. The lowest BCUT2D eigenvalue weighted by Crippen LogP contribution is -2.28. The van der Waals surface area contributed by atoms with Gasteiger partial charge in [0.05, 0.1) is 23.6 Å². The molecular formula is C22H24N4O2S3. The molecule has 9 heteroatoms. The third-order valence-electron chi connectivity index (χ3n) is 4.40. The van der Waals surface area contributed by atoms with Crippen molar-refractivity contribution in [3.05, 3.63) is 71.8 Å². The molecule has 0 fully saturated rings. The molecule has 2 N–H and O–H groups in total. The molecule has 0 aliphatic rings. The number of nitrogens with one attached hydrogen (secondary N) is 2. The molecule has 0 aliphatic carbocycles. The van der Waals surface area contributed by atoms with Crippen LogP contribution in [0.4, 0.5) is 0 Å². The minimum absolute atomic E-state index is 0.0494. The highest BCUT2D eigenvalue weighted by Crippen LogP contribution is 2.28. The van der Waals surface area contributed by atoms with Crippen molar-refractivity contribution in [1.29, 1.82) is 0 Å². The number of hydrogen-bond acceptors (Lipinski definition) is 7. The average Bonchev–Trinajstić information content (AvgIpc) is 3.25. The summed E-state index contributed by atoms with van der Waals surface area (Å²) in [4.78, 5) is 24.4. The van der Waals surface area contributed by atoms with Crippen LogP contribution in [0.3, 0.4) is 0 Å². The lowest BCUT2D eigenvalue weighted by atomic mass is 10.1. The average molecular weight is 473 g/mol. The highest BCUT2D eigenvalue weighted by atomic mass is 32.2. The summed E-state index contributed by atoms with van der Waals surface area (Å²) in [6.45, 7) is 3.92. The Morgan fingerprint density at radius 1 is 0.774 bits per heavy atom. The number of nitrogens with zero attached hydrogens (tertiary/aromatic N) is 2. The standard InChI is InChI=1S/C22H24N4O2S3/c1-15(17-9-5-3-6-10-17)23-19(27)13-29-21-25-26-22(31-21)30-14-20(28)24-16(2)18-11-7-4-8-12-18/h3-12,15-16H,13-14H2,1-2H3,(H,23,27)(H,24,28)/t15-,16-/m1/s1. The third-order valence-corrected chi connectivity index (χ3v) is 7.59. The van der Waals surface area contributed by atoms with Crippen molar-refractivity contribution in [1.82, 2.24) is 20.8 Å². The maximum Gasteiger partial charge on any atom is 0.230 e. The molecule has 0 saturated carbocycles. The topological polar surface area (TPSA) is 84.0 Å². The van der Waals surface area contributed by atoms with Gasteiger partial charge in [-0.3, -0.25) is 9.59 Å². The Hall–Kier alpha value is -2.36. The van der Waals surface area contributed by atoms with Crippen molar-refractivity contribution < 1.29 is 9.59 Å². The van der Waals surface area contributed by atoms with E-state index >= 15 is 0 Å². The maximum absolute atomic E-state index is 12.2. The molecule has 1 heterocycles. The summed E-state index contributed by atoms with van der Waals surface area (Å²) < 4.78 is 1.42. The van der Waals surface area contributed by atoms with Gasteiger partial charge in [0.15, 0.2) is 8.68 Å². The van der Waals surface area contributed by atoms with E-state index in [1.807, 2.05) is 74.5 Å². The van der Waals surface area contributed by atoms with Gasteiger partial charge in [0.2, 0.25) is 11.8 Å². The largest absolute Gasteiger partial charge is 0.349 e. The van der Waals surface area contributed by atoms with E-state index < -0.39 is 0 Å². The monoisotopic (exact) mass is 472 g/mol. The van der Waals surface area contributed by atoms with Gasteiger partial charge < -0.3 is 10.6 Å². The molecular weight excluding hydrogens is 448 g/mol. The Bertz CT molecular complexity index is 905. The summed E-state index contributed by atoms with van der Waals surface area (Å²) in [6.07, 6.45) is 0. The zero-order chi connectivity index (χ0) is 22.1. The molecule has 2 atom stereocenters. The first-order valence-electron chi connectivity index (χ1n) is 9.79. The SMILES string of the molecule is C[C@@H](NC(=O)CSc1nnc(SCC(=O)N[C@H](C)c2ccccc2)s1)c1ccccc1. The molecule has 162 valence electrons. The van der Waals surface area contributed by atoms with Gasteiger partial charge >= 0.3 is 0 Å². The third kappa shape index (κ3) is 7.68. The van der Waals surface area contributed by atoms with Gasteiger partial charge in [-0.1, -0.05) is 95.5 Å². The smallest absolute Gasteiger partial charge is 0.230 e. The molecule has 6 nitrogen and oxygen atoms in total. The van der Waals surface area contributed by atoms with Crippen molar-refractivity contribution >= 4 is 46.7 Å². The number of aromatic nitrogens is 2. The molecule has 0 saturated heterocycles. The number of thioether (sulfide) groups is 2. The Labute approximate surface area is 194 Å². The van der Waals surface area contributed by atoms with E-state index in [4.69, 9.17) is 0 Å². The molecule has 2 amide bonds. The van der Waals surface area contributed by atoms with Crippen molar-refractivity contribution in [3.8, 4) is 0 Å². The van der Waals surface area contributed by atoms with Gasteiger partial charge in [-0.2, -0.15) is 0 Å². The Balaban J connectivity index is 1.39. The minimum Gasteiger partial charge on any atom is -0.349 e. The van der Waals surface area contributed by atoms with Crippen LogP contribution >= 0.6 is 34.9 Å². The molecule has 1 aromatic heterocycles. The highest BCUT2D eigenvalue weighted by molar-refractivity contribution is 8.03. The van der Waals surface area contributed by atoms with Gasteiger partial charge in [-0.15, -0.1) is 10.2 Å². The molecule has 3 aromatic rings. The lowest BCUT2D eigenvalue weighted by Gasteiger charge is -2.13. The second kappa shape index (κ2) is 11.9. The van der Waals surface area contributed by atoms with Crippen molar-refractivity contribution in [3.63, 3.8) is 0 Å². The van der Waals surface area contributed by atoms with Crippen molar-refractivity contribution in [2.24, 2.45) is 0 Å². The van der Waals surface area contributed by atoms with Crippen molar-refractivity contribution in [2.45, 2.75) is 34.6 Å². The van der Waals surface area contributed by atoms with E-state index in [0.717, 1.165) is 11.1 Å². The zero-order valence-corrected chi connectivity index (χ0v) is 19.7. The quantitative estimate of drug-likeness (QED) is 0.424. The second-order valence-corrected chi connectivity index (χ2v) is 10.2. The lowest BCUT2D eigenvalue weighted by molar-refractivity contribution is -0.120. The van der Waals surface area contributed by atoms with Crippen LogP contribution in [0, 0.1) is 0 Å². The van der Waals surface area contributed by atoms with E-state index in [-0.39, 0.29) is 35.4 Å². The first-order valence-corrected chi connectivity index (χ1v) is 12.6. The Kier molecular flexibility index (Phi) is 8.93. The maximum atomic E-state index is 12.2. The number of amides is 2. The Morgan fingerprint density at radius 2 is 1.16 bits per heavy atom.